The Hall–Kier alpha value is -0.370. The molecule has 0 aliphatic heterocycles. The summed E-state index contributed by atoms with van der Waals surface area (Å²) in [6.45, 7) is 6.86. The second kappa shape index (κ2) is 18.0. The van der Waals surface area contributed by atoms with Crippen molar-refractivity contribution in [3.05, 3.63) is 0 Å². The Morgan fingerprint density at radius 3 is 1.94 bits per heavy atom. The molecule has 104 valence electrons. The van der Waals surface area contributed by atoms with Crippen LogP contribution < -0.4 is 0 Å². The van der Waals surface area contributed by atoms with Gasteiger partial charge in [-0.1, -0.05) is 52.9 Å². The first-order valence-corrected chi connectivity index (χ1v) is 7.31. The lowest BCUT2D eigenvalue weighted by Gasteiger charge is -2.11. The number of carbonyl (C=O) groups excluding carboxylic acids is 1. The lowest BCUT2D eigenvalue weighted by molar-refractivity contribution is -0.107. The van der Waals surface area contributed by atoms with E-state index in [0.717, 1.165) is 25.5 Å². The van der Waals surface area contributed by atoms with Gasteiger partial charge in [-0.2, -0.15) is 0 Å². The summed E-state index contributed by atoms with van der Waals surface area (Å²) in [5, 5.41) is 8.96. The highest BCUT2D eigenvalue weighted by Crippen LogP contribution is 2.14. The van der Waals surface area contributed by atoms with Gasteiger partial charge in [0, 0.05) is 13.0 Å². The van der Waals surface area contributed by atoms with Crippen LogP contribution >= 0.6 is 0 Å². The van der Waals surface area contributed by atoms with Crippen molar-refractivity contribution in [1.29, 1.82) is 0 Å². The standard InChI is InChI=1S/C10H22O.C5H10O/c1-3-5-6-8-10(9-11)7-4-2;1-2-3-4-5-6/h10-11H,3-9H2,1-2H3;5H,2-4H2,1H3. The Morgan fingerprint density at radius 1 is 0.941 bits per heavy atom. The van der Waals surface area contributed by atoms with Gasteiger partial charge in [-0.25, -0.2) is 0 Å². The molecule has 2 nitrogen and oxygen atoms in total. The number of carbonyl (C=O) groups is 1. The van der Waals surface area contributed by atoms with E-state index < -0.39 is 0 Å². The van der Waals surface area contributed by atoms with E-state index in [9.17, 15) is 4.79 Å². The van der Waals surface area contributed by atoms with Gasteiger partial charge in [0.2, 0.25) is 0 Å². The maximum absolute atomic E-state index is 9.56. The van der Waals surface area contributed by atoms with Crippen LogP contribution in [0.25, 0.3) is 0 Å². The van der Waals surface area contributed by atoms with E-state index in [1.807, 2.05) is 0 Å². The van der Waals surface area contributed by atoms with Crippen molar-refractivity contribution < 1.29 is 9.90 Å². The number of rotatable bonds is 10. The summed E-state index contributed by atoms with van der Waals surface area (Å²) in [6.07, 6.45) is 11.4. The predicted molar refractivity (Wildman–Crippen MR) is 75.2 cm³/mol. The molecule has 0 aliphatic rings. The van der Waals surface area contributed by atoms with Crippen LogP contribution in [0.2, 0.25) is 0 Å². The summed E-state index contributed by atoms with van der Waals surface area (Å²) >= 11 is 0. The number of hydrogen-bond donors (Lipinski definition) is 1. The molecule has 0 saturated heterocycles. The summed E-state index contributed by atoms with van der Waals surface area (Å²) in [4.78, 5) is 9.56. The average molecular weight is 244 g/mol. The summed E-state index contributed by atoms with van der Waals surface area (Å²) in [7, 11) is 0. The Labute approximate surface area is 108 Å². The van der Waals surface area contributed by atoms with Crippen LogP contribution in [0.5, 0.6) is 0 Å². The molecule has 0 aromatic heterocycles. The number of unbranched alkanes of at least 4 members (excludes halogenated alkanes) is 4. The first-order chi connectivity index (χ1) is 8.26. The first kappa shape index (κ1) is 19.0. The zero-order chi connectivity index (χ0) is 13.4. The quantitative estimate of drug-likeness (QED) is 0.458. The van der Waals surface area contributed by atoms with Crippen LogP contribution in [0.3, 0.4) is 0 Å². The topological polar surface area (TPSA) is 37.3 Å². The normalized spacial score (nSPS) is 11.5. The van der Waals surface area contributed by atoms with Gasteiger partial charge < -0.3 is 9.90 Å². The molecule has 1 N–H and O–H groups in total. The van der Waals surface area contributed by atoms with E-state index in [-0.39, 0.29) is 0 Å². The third-order valence-corrected chi connectivity index (χ3v) is 2.85. The minimum atomic E-state index is 0.386. The van der Waals surface area contributed by atoms with Gasteiger partial charge >= 0.3 is 0 Å². The van der Waals surface area contributed by atoms with Crippen molar-refractivity contribution in [2.24, 2.45) is 5.92 Å². The fourth-order valence-electron chi connectivity index (χ4n) is 1.71. The fourth-order valence-corrected chi connectivity index (χ4v) is 1.71. The van der Waals surface area contributed by atoms with Crippen LogP contribution in [0.1, 0.15) is 78.6 Å². The van der Waals surface area contributed by atoms with Crippen molar-refractivity contribution >= 4 is 6.29 Å². The zero-order valence-electron chi connectivity index (χ0n) is 12.1. The third kappa shape index (κ3) is 18.2. The molecule has 0 radical (unpaired) electrons. The molecule has 0 spiro atoms. The van der Waals surface area contributed by atoms with Crippen LogP contribution in [-0.4, -0.2) is 18.0 Å². The number of aliphatic hydroxyl groups excluding tert-OH is 1. The minimum absolute atomic E-state index is 0.386. The summed E-state index contributed by atoms with van der Waals surface area (Å²) in [6, 6.07) is 0. The van der Waals surface area contributed by atoms with E-state index in [1.165, 1.54) is 38.5 Å². The molecule has 0 rings (SSSR count). The van der Waals surface area contributed by atoms with E-state index in [1.54, 1.807) is 0 Å². The van der Waals surface area contributed by atoms with Crippen molar-refractivity contribution in [2.45, 2.75) is 78.6 Å². The Kier molecular flexibility index (Phi) is 20.1. The minimum Gasteiger partial charge on any atom is -0.396 e. The van der Waals surface area contributed by atoms with Gasteiger partial charge in [0.05, 0.1) is 0 Å². The molecule has 2 heteroatoms. The molecule has 0 aliphatic carbocycles. The van der Waals surface area contributed by atoms with Crippen molar-refractivity contribution in [1.82, 2.24) is 0 Å². The molecule has 0 fully saturated rings. The lowest BCUT2D eigenvalue weighted by atomic mass is 9.98. The van der Waals surface area contributed by atoms with Gasteiger partial charge in [-0.05, 0) is 25.2 Å². The number of hydrogen-bond acceptors (Lipinski definition) is 2. The highest BCUT2D eigenvalue weighted by atomic mass is 16.3. The van der Waals surface area contributed by atoms with Crippen molar-refractivity contribution in [2.75, 3.05) is 6.61 Å². The number of aliphatic hydroxyl groups is 1. The molecule has 0 saturated carbocycles. The Morgan fingerprint density at radius 2 is 1.59 bits per heavy atom. The Bertz CT molecular complexity index is 135. The molecule has 17 heavy (non-hydrogen) atoms. The molecule has 0 aromatic rings. The molecule has 0 amide bonds. The summed E-state index contributed by atoms with van der Waals surface area (Å²) < 4.78 is 0. The number of aldehydes is 1. The van der Waals surface area contributed by atoms with Crippen LogP contribution in [0.15, 0.2) is 0 Å². The van der Waals surface area contributed by atoms with Gasteiger partial charge in [-0.3, -0.25) is 0 Å². The summed E-state index contributed by atoms with van der Waals surface area (Å²) in [5.41, 5.74) is 0. The highest BCUT2D eigenvalue weighted by molar-refractivity contribution is 5.48. The van der Waals surface area contributed by atoms with Gasteiger partial charge in [-0.15, -0.1) is 0 Å². The zero-order valence-corrected chi connectivity index (χ0v) is 12.1. The first-order valence-electron chi connectivity index (χ1n) is 7.31. The van der Waals surface area contributed by atoms with Gasteiger partial charge in [0.25, 0.3) is 0 Å². The van der Waals surface area contributed by atoms with E-state index >= 15 is 0 Å². The second-order valence-electron chi connectivity index (χ2n) is 4.64. The molecule has 0 bridgehead atoms. The van der Waals surface area contributed by atoms with Gasteiger partial charge in [0.1, 0.15) is 6.29 Å². The van der Waals surface area contributed by atoms with E-state index in [2.05, 4.69) is 20.8 Å². The third-order valence-electron chi connectivity index (χ3n) is 2.85. The van der Waals surface area contributed by atoms with Crippen LogP contribution in [0, 0.1) is 5.92 Å². The van der Waals surface area contributed by atoms with Crippen molar-refractivity contribution in [3.63, 3.8) is 0 Å². The maximum Gasteiger partial charge on any atom is 0.119 e. The maximum atomic E-state index is 9.56. The molecular formula is C15H32O2. The van der Waals surface area contributed by atoms with Crippen LogP contribution in [0.4, 0.5) is 0 Å². The molecule has 1 atom stereocenters. The van der Waals surface area contributed by atoms with Crippen LogP contribution in [-0.2, 0) is 4.79 Å². The second-order valence-corrected chi connectivity index (χ2v) is 4.64. The summed E-state index contributed by atoms with van der Waals surface area (Å²) in [5.74, 6) is 0.576. The molecule has 0 aromatic carbocycles. The smallest absolute Gasteiger partial charge is 0.119 e. The highest BCUT2D eigenvalue weighted by Gasteiger charge is 2.04. The molecule has 1 unspecified atom stereocenters. The van der Waals surface area contributed by atoms with Gasteiger partial charge in [0.15, 0.2) is 0 Å². The molecule has 0 heterocycles. The fraction of sp³-hybridized carbons (Fsp3) is 0.933. The van der Waals surface area contributed by atoms with E-state index in [4.69, 9.17) is 5.11 Å². The SMILES string of the molecule is CCCCC=O.CCCCCC(CO)CCC. The van der Waals surface area contributed by atoms with E-state index in [0.29, 0.717) is 12.5 Å². The van der Waals surface area contributed by atoms with Crippen molar-refractivity contribution in [3.8, 4) is 0 Å². The molecular weight excluding hydrogens is 212 g/mol. The average Bonchev–Trinajstić information content (AvgIpc) is 2.36. The Balaban J connectivity index is 0. The predicted octanol–water partition coefficient (Wildman–Crippen LogP) is 4.35. The lowest BCUT2D eigenvalue weighted by Crippen LogP contribution is -2.05. The monoisotopic (exact) mass is 244 g/mol. The largest absolute Gasteiger partial charge is 0.396 e.